The lowest BCUT2D eigenvalue weighted by Crippen LogP contribution is -2.46. The second kappa shape index (κ2) is 6.89. The SMILES string of the molecule is CCN(C(=O)C1CCC(C(=O)O)C1)C(C)CN(C)C. The van der Waals surface area contributed by atoms with Crippen molar-refractivity contribution in [3.8, 4) is 0 Å². The Morgan fingerprint density at radius 1 is 1.26 bits per heavy atom. The minimum Gasteiger partial charge on any atom is -0.481 e. The maximum absolute atomic E-state index is 12.5. The van der Waals surface area contributed by atoms with Crippen molar-refractivity contribution in [3.63, 3.8) is 0 Å². The molecular weight excluding hydrogens is 244 g/mol. The standard InChI is InChI=1S/C14H26N2O3/c1-5-16(10(2)9-15(3)4)13(17)11-6-7-12(8-11)14(18)19/h10-12H,5-9H2,1-4H3,(H,18,19). The van der Waals surface area contributed by atoms with Gasteiger partial charge < -0.3 is 14.9 Å². The quantitative estimate of drug-likeness (QED) is 0.790. The normalized spacial score (nSPS) is 24.5. The molecule has 0 saturated heterocycles. The van der Waals surface area contributed by atoms with E-state index in [0.717, 1.165) is 6.54 Å². The smallest absolute Gasteiger partial charge is 0.306 e. The van der Waals surface area contributed by atoms with Crippen LogP contribution in [0.1, 0.15) is 33.1 Å². The van der Waals surface area contributed by atoms with Gasteiger partial charge in [-0.15, -0.1) is 0 Å². The van der Waals surface area contributed by atoms with E-state index in [2.05, 4.69) is 4.90 Å². The van der Waals surface area contributed by atoms with Gasteiger partial charge in [0.25, 0.3) is 0 Å². The molecule has 3 unspecified atom stereocenters. The average molecular weight is 270 g/mol. The summed E-state index contributed by atoms with van der Waals surface area (Å²) in [7, 11) is 3.98. The predicted octanol–water partition coefficient (Wildman–Crippen LogP) is 1.29. The van der Waals surface area contributed by atoms with Crippen LogP contribution in [-0.2, 0) is 9.59 Å². The Morgan fingerprint density at radius 2 is 1.84 bits per heavy atom. The molecule has 5 nitrogen and oxygen atoms in total. The number of carbonyl (C=O) groups is 2. The van der Waals surface area contributed by atoms with Gasteiger partial charge in [-0.2, -0.15) is 0 Å². The summed E-state index contributed by atoms with van der Waals surface area (Å²) in [6.07, 6.45) is 1.84. The number of likely N-dealkylation sites (N-methyl/N-ethyl adjacent to an activating group) is 2. The van der Waals surface area contributed by atoms with Gasteiger partial charge in [0.15, 0.2) is 0 Å². The molecule has 1 aliphatic carbocycles. The first-order valence-electron chi connectivity index (χ1n) is 7.04. The molecule has 5 heteroatoms. The Hall–Kier alpha value is -1.10. The summed E-state index contributed by atoms with van der Waals surface area (Å²) in [6.45, 7) is 5.54. The van der Waals surface area contributed by atoms with Crippen LogP contribution in [0, 0.1) is 11.8 Å². The van der Waals surface area contributed by atoms with E-state index in [-0.39, 0.29) is 23.8 Å². The van der Waals surface area contributed by atoms with Crippen molar-refractivity contribution in [1.82, 2.24) is 9.80 Å². The Labute approximate surface area is 115 Å². The van der Waals surface area contributed by atoms with E-state index in [0.29, 0.717) is 25.8 Å². The molecule has 0 heterocycles. The maximum Gasteiger partial charge on any atom is 0.306 e. The molecule has 0 aromatic heterocycles. The first-order valence-corrected chi connectivity index (χ1v) is 7.04. The number of carboxylic acids is 1. The Balaban J connectivity index is 2.62. The van der Waals surface area contributed by atoms with Crippen LogP contribution in [0.5, 0.6) is 0 Å². The van der Waals surface area contributed by atoms with Crippen molar-refractivity contribution in [2.24, 2.45) is 11.8 Å². The lowest BCUT2D eigenvalue weighted by atomic mass is 10.0. The second-order valence-electron chi connectivity index (χ2n) is 5.78. The second-order valence-corrected chi connectivity index (χ2v) is 5.78. The fourth-order valence-electron chi connectivity index (χ4n) is 2.98. The summed E-state index contributed by atoms with van der Waals surface area (Å²) in [5, 5.41) is 9.01. The molecule has 0 spiro atoms. The van der Waals surface area contributed by atoms with Gasteiger partial charge in [-0.1, -0.05) is 0 Å². The highest BCUT2D eigenvalue weighted by Gasteiger charge is 2.36. The fraction of sp³-hybridized carbons (Fsp3) is 0.857. The first kappa shape index (κ1) is 16.0. The molecule has 1 saturated carbocycles. The van der Waals surface area contributed by atoms with Crippen molar-refractivity contribution >= 4 is 11.9 Å². The molecule has 0 bridgehead atoms. The molecule has 1 amide bonds. The number of amides is 1. The number of hydrogen-bond donors (Lipinski definition) is 1. The van der Waals surface area contributed by atoms with Crippen LogP contribution in [0.25, 0.3) is 0 Å². The van der Waals surface area contributed by atoms with Crippen LogP contribution in [0.15, 0.2) is 0 Å². The number of carboxylic acid groups (broad SMARTS) is 1. The number of aliphatic carboxylic acids is 1. The van der Waals surface area contributed by atoms with Gasteiger partial charge in [0, 0.05) is 25.0 Å². The molecule has 19 heavy (non-hydrogen) atoms. The Bertz CT molecular complexity index is 331. The summed E-state index contributed by atoms with van der Waals surface area (Å²) in [5.41, 5.74) is 0. The van der Waals surface area contributed by atoms with E-state index in [9.17, 15) is 9.59 Å². The zero-order valence-corrected chi connectivity index (χ0v) is 12.4. The van der Waals surface area contributed by atoms with Gasteiger partial charge in [-0.3, -0.25) is 9.59 Å². The number of hydrogen-bond acceptors (Lipinski definition) is 3. The number of rotatable bonds is 6. The van der Waals surface area contributed by atoms with E-state index in [1.165, 1.54) is 0 Å². The van der Waals surface area contributed by atoms with Gasteiger partial charge in [-0.05, 0) is 47.2 Å². The minimum absolute atomic E-state index is 0.106. The molecule has 0 radical (unpaired) electrons. The molecule has 3 atom stereocenters. The molecule has 0 aliphatic heterocycles. The zero-order valence-electron chi connectivity index (χ0n) is 12.4. The first-order chi connectivity index (χ1) is 8.86. The minimum atomic E-state index is -0.764. The Morgan fingerprint density at radius 3 is 2.26 bits per heavy atom. The zero-order chi connectivity index (χ0) is 14.6. The van der Waals surface area contributed by atoms with Crippen molar-refractivity contribution in [2.75, 3.05) is 27.2 Å². The number of carbonyl (C=O) groups excluding carboxylic acids is 1. The monoisotopic (exact) mass is 270 g/mol. The van der Waals surface area contributed by atoms with Gasteiger partial charge in [0.2, 0.25) is 5.91 Å². The average Bonchev–Trinajstić information content (AvgIpc) is 2.77. The third-order valence-electron chi connectivity index (χ3n) is 3.92. The van der Waals surface area contributed by atoms with E-state index in [1.807, 2.05) is 32.8 Å². The van der Waals surface area contributed by atoms with Crippen LogP contribution in [0.4, 0.5) is 0 Å². The highest BCUT2D eigenvalue weighted by molar-refractivity contribution is 5.81. The number of nitrogens with zero attached hydrogens (tertiary/aromatic N) is 2. The highest BCUT2D eigenvalue weighted by Crippen LogP contribution is 2.32. The molecule has 110 valence electrons. The molecule has 0 aromatic rings. The van der Waals surface area contributed by atoms with Crippen LogP contribution < -0.4 is 0 Å². The van der Waals surface area contributed by atoms with Crippen LogP contribution in [-0.4, -0.2) is 60.0 Å². The molecule has 0 aromatic carbocycles. The van der Waals surface area contributed by atoms with E-state index in [4.69, 9.17) is 5.11 Å². The van der Waals surface area contributed by atoms with E-state index < -0.39 is 5.97 Å². The summed E-state index contributed by atoms with van der Waals surface area (Å²) < 4.78 is 0. The fourth-order valence-corrected chi connectivity index (χ4v) is 2.98. The summed E-state index contributed by atoms with van der Waals surface area (Å²) in [5.74, 6) is -1.08. The Kier molecular flexibility index (Phi) is 5.79. The van der Waals surface area contributed by atoms with Crippen molar-refractivity contribution in [2.45, 2.75) is 39.2 Å². The van der Waals surface area contributed by atoms with Gasteiger partial charge in [0.1, 0.15) is 0 Å². The molecule has 1 aliphatic rings. The predicted molar refractivity (Wildman–Crippen MR) is 73.9 cm³/mol. The molecule has 1 N–H and O–H groups in total. The van der Waals surface area contributed by atoms with E-state index in [1.54, 1.807) is 0 Å². The maximum atomic E-state index is 12.5. The van der Waals surface area contributed by atoms with Crippen LogP contribution in [0.2, 0.25) is 0 Å². The van der Waals surface area contributed by atoms with Crippen LogP contribution in [0.3, 0.4) is 0 Å². The van der Waals surface area contributed by atoms with Crippen molar-refractivity contribution < 1.29 is 14.7 Å². The lowest BCUT2D eigenvalue weighted by molar-refractivity contribution is -0.142. The summed E-state index contributed by atoms with van der Waals surface area (Å²) in [4.78, 5) is 27.4. The van der Waals surface area contributed by atoms with Gasteiger partial charge >= 0.3 is 5.97 Å². The van der Waals surface area contributed by atoms with Gasteiger partial charge in [-0.25, -0.2) is 0 Å². The van der Waals surface area contributed by atoms with Crippen molar-refractivity contribution in [3.05, 3.63) is 0 Å². The third-order valence-corrected chi connectivity index (χ3v) is 3.92. The summed E-state index contributed by atoms with van der Waals surface area (Å²) >= 11 is 0. The molecule has 1 fully saturated rings. The highest BCUT2D eigenvalue weighted by atomic mass is 16.4. The largest absolute Gasteiger partial charge is 0.481 e. The van der Waals surface area contributed by atoms with Gasteiger partial charge in [0.05, 0.1) is 5.92 Å². The topological polar surface area (TPSA) is 60.9 Å². The van der Waals surface area contributed by atoms with Crippen molar-refractivity contribution in [1.29, 1.82) is 0 Å². The van der Waals surface area contributed by atoms with E-state index >= 15 is 0 Å². The molecule has 1 rings (SSSR count). The third kappa shape index (κ3) is 4.20. The van der Waals surface area contributed by atoms with Crippen LogP contribution >= 0.6 is 0 Å². The molecular formula is C14H26N2O3. The lowest BCUT2D eigenvalue weighted by Gasteiger charge is -2.32. The summed E-state index contributed by atoms with van der Waals surface area (Å²) in [6, 6.07) is 0.163.